The van der Waals surface area contributed by atoms with E-state index in [1.165, 1.54) is 18.2 Å². The van der Waals surface area contributed by atoms with Crippen molar-refractivity contribution in [1.82, 2.24) is 9.78 Å². The Morgan fingerprint density at radius 2 is 2.19 bits per heavy atom. The summed E-state index contributed by atoms with van der Waals surface area (Å²) < 4.78 is 14.9. The molecule has 0 spiro atoms. The van der Waals surface area contributed by atoms with Crippen LogP contribution in [0.1, 0.15) is 28.1 Å². The quantitative estimate of drug-likeness (QED) is 0.934. The predicted octanol–water partition coefficient (Wildman–Crippen LogP) is 2.19. The lowest BCUT2D eigenvalue weighted by Gasteiger charge is -2.07. The van der Waals surface area contributed by atoms with E-state index in [0.29, 0.717) is 28.1 Å². The fourth-order valence-corrected chi connectivity index (χ4v) is 2.26. The zero-order chi connectivity index (χ0) is 15.6. The van der Waals surface area contributed by atoms with E-state index in [-0.39, 0.29) is 13.0 Å². The molecule has 0 saturated heterocycles. The number of aromatic nitrogens is 2. The van der Waals surface area contributed by atoms with Crippen LogP contribution >= 0.6 is 0 Å². The number of rotatable bonds is 4. The van der Waals surface area contributed by atoms with Crippen LogP contribution in [0.5, 0.6) is 0 Å². The maximum absolute atomic E-state index is 13.3. The first-order valence-electron chi connectivity index (χ1n) is 6.35. The molecular formula is C15H14FN3O2. The van der Waals surface area contributed by atoms with E-state index in [4.69, 9.17) is 10.4 Å². The number of aryl methyl sites for hydroxylation is 1. The van der Waals surface area contributed by atoms with E-state index in [1.54, 1.807) is 18.5 Å². The van der Waals surface area contributed by atoms with Gasteiger partial charge in [0.25, 0.3) is 0 Å². The molecule has 0 radical (unpaired) electrons. The second-order valence-electron chi connectivity index (χ2n) is 4.79. The fourth-order valence-electron chi connectivity index (χ4n) is 2.26. The van der Waals surface area contributed by atoms with Crippen LogP contribution in [0.3, 0.4) is 0 Å². The molecule has 0 unspecified atom stereocenters. The Morgan fingerprint density at radius 3 is 2.81 bits per heavy atom. The van der Waals surface area contributed by atoms with Gasteiger partial charge in [-0.3, -0.25) is 9.48 Å². The second kappa shape index (κ2) is 5.75. The van der Waals surface area contributed by atoms with Gasteiger partial charge < -0.3 is 5.11 Å². The number of hydrogen-bond acceptors (Lipinski definition) is 3. The maximum atomic E-state index is 13.3. The topological polar surface area (TPSA) is 78.9 Å². The average Bonchev–Trinajstić information content (AvgIpc) is 2.66. The van der Waals surface area contributed by atoms with E-state index < -0.39 is 11.8 Å². The minimum absolute atomic E-state index is 0.105. The highest BCUT2D eigenvalue weighted by Gasteiger charge is 2.15. The summed E-state index contributed by atoms with van der Waals surface area (Å²) in [6.07, 6.45) is -0.105. The van der Waals surface area contributed by atoms with Crippen LogP contribution in [0.25, 0.3) is 0 Å². The number of nitrogens with zero attached hydrogens (tertiary/aromatic N) is 3. The third kappa shape index (κ3) is 3.08. The molecule has 108 valence electrons. The first-order valence-corrected chi connectivity index (χ1v) is 6.35. The van der Waals surface area contributed by atoms with Crippen molar-refractivity contribution in [2.24, 2.45) is 0 Å². The van der Waals surface area contributed by atoms with Gasteiger partial charge in [0.05, 0.1) is 30.3 Å². The van der Waals surface area contributed by atoms with E-state index in [2.05, 4.69) is 5.10 Å². The lowest BCUT2D eigenvalue weighted by atomic mass is 10.1. The average molecular weight is 287 g/mol. The molecule has 0 atom stereocenters. The van der Waals surface area contributed by atoms with E-state index in [9.17, 15) is 9.18 Å². The molecule has 0 aliphatic carbocycles. The summed E-state index contributed by atoms with van der Waals surface area (Å²) in [6.45, 7) is 3.73. The largest absolute Gasteiger partial charge is 0.481 e. The molecule has 0 bridgehead atoms. The van der Waals surface area contributed by atoms with Crippen molar-refractivity contribution in [3.63, 3.8) is 0 Å². The van der Waals surface area contributed by atoms with Gasteiger partial charge in [-0.25, -0.2) is 4.39 Å². The number of benzene rings is 1. The number of carboxylic acids is 1. The minimum atomic E-state index is -0.927. The van der Waals surface area contributed by atoms with Crippen molar-refractivity contribution < 1.29 is 14.3 Å². The Balaban J connectivity index is 2.39. The zero-order valence-corrected chi connectivity index (χ0v) is 11.7. The molecule has 5 nitrogen and oxygen atoms in total. The first-order chi connectivity index (χ1) is 9.92. The fraction of sp³-hybridized carbons (Fsp3) is 0.267. The van der Waals surface area contributed by atoms with Gasteiger partial charge in [-0.2, -0.15) is 10.4 Å². The summed E-state index contributed by atoms with van der Waals surface area (Å²) in [7, 11) is 0. The Hall–Kier alpha value is -2.68. The van der Waals surface area contributed by atoms with Crippen LogP contribution < -0.4 is 0 Å². The minimum Gasteiger partial charge on any atom is -0.481 e. The molecule has 21 heavy (non-hydrogen) atoms. The summed E-state index contributed by atoms with van der Waals surface area (Å²) in [5.74, 6) is -1.35. The number of carboxylic acid groups (broad SMARTS) is 1. The predicted molar refractivity (Wildman–Crippen MR) is 73.3 cm³/mol. The number of hydrogen-bond donors (Lipinski definition) is 1. The van der Waals surface area contributed by atoms with Crippen molar-refractivity contribution in [2.75, 3.05) is 0 Å². The standard InChI is InChI=1S/C15H14FN3O2/c1-9-14(6-15(20)21)10(2)19(18-9)8-12-5-13(16)4-3-11(12)7-17/h3-5H,6,8H2,1-2H3,(H,20,21). The lowest BCUT2D eigenvalue weighted by Crippen LogP contribution is -2.07. The highest BCUT2D eigenvalue weighted by molar-refractivity contribution is 5.71. The monoisotopic (exact) mass is 287 g/mol. The van der Waals surface area contributed by atoms with Gasteiger partial charge in [-0.15, -0.1) is 0 Å². The Kier molecular flexibility index (Phi) is 4.03. The zero-order valence-electron chi connectivity index (χ0n) is 11.7. The number of aliphatic carboxylic acids is 1. The van der Waals surface area contributed by atoms with Crippen LogP contribution in [0.2, 0.25) is 0 Å². The van der Waals surface area contributed by atoms with Gasteiger partial charge in [-0.1, -0.05) is 0 Å². The smallest absolute Gasteiger partial charge is 0.307 e. The van der Waals surface area contributed by atoms with Crippen molar-refractivity contribution in [2.45, 2.75) is 26.8 Å². The van der Waals surface area contributed by atoms with Crippen LogP contribution in [0.15, 0.2) is 18.2 Å². The third-order valence-electron chi connectivity index (χ3n) is 3.37. The summed E-state index contributed by atoms with van der Waals surface area (Å²) in [5, 5.41) is 22.2. The molecule has 0 amide bonds. The highest BCUT2D eigenvalue weighted by atomic mass is 19.1. The number of carbonyl (C=O) groups is 1. The summed E-state index contributed by atoms with van der Waals surface area (Å²) in [5.41, 5.74) is 2.89. The Bertz CT molecular complexity index is 744. The lowest BCUT2D eigenvalue weighted by molar-refractivity contribution is -0.136. The van der Waals surface area contributed by atoms with Gasteiger partial charge in [0.15, 0.2) is 0 Å². The molecule has 1 aromatic heterocycles. The van der Waals surface area contributed by atoms with Crippen LogP contribution in [0.4, 0.5) is 4.39 Å². The van der Waals surface area contributed by atoms with Crippen molar-refractivity contribution in [3.05, 3.63) is 52.1 Å². The van der Waals surface area contributed by atoms with Gasteiger partial charge in [-0.05, 0) is 37.6 Å². The molecule has 0 saturated carbocycles. The maximum Gasteiger partial charge on any atom is 0.307 e. The van der Waals surface area contributed by atoms with Gasteiger partial charge >= 0.3 is 5.97 Å². The van der Waals surface area contributed by atoms with Gasteiger partial charge in [0, 0.05) is 11.3 Å². The number of nitriles is 1. The Morgan fingerprint density at radius 1 is 1.48 bits per heavy atom. The SMILES string of the molecule is Cc1nn(Cc2cc(F)ccc2C#N)c(C)c1CC(=O)O. The summed E-state index contributed by atoms with van der Waals surface area (Å²) in [6, 6.07) is 5.97. The molecule has 1 N–H and O–H groups in total. The molecule has 0 fully saturated rings. The van der Waals surface area contributed by atoms with E-state index in [0.717, 1.165) is 0 Å². The molecule has 1 aromatic carbocycles. The molecule has 2 rings (SSSR count). The first kappa shape index (κ1) is 14.7. The molecular weight excluding hydrogens is 273 g/mol. The van der Waals surface area contributed by atoms with E-state index >= 15 is 0 Å². The van der Waals surface area contributed by atoms with Gasteiger partial charge in [0.2, 0.25) is 0 Å². The molecule has 1 heterocycles. The van der Waals surface area contributed by atoms with Crippen molar-refractivity contribution in [1.29, 1.82) is 5.26 Å². The molecule has 2 aromatic rings. The second-order valence-corrected chi connectivity index (χ2v) is 4.79. The molecule has 6 heteroatoms. The van der Waals surface area contributed by atoms with Crippen molar-refractivity contribution in [3.8, 4) is 6.07 Å². The van der Waals surface area contributed by atoms with Crippen molar-refractivity contribution >= 4 is 5.97 Å². The normalized spacial score (nSPS) is 10.4. The summed E-state index contributed by atoms with van der Waals surface area (Å²) >= 11 is 0. The van der Waals surface area contributed by atoms with E-state index in [1.807, 2.05) is 6.07 Å². The van der Waals surface area contributed by atoms with Crippen LogP contribution in [0, 0.1) is 31.0 Å². The number of halogens is 1. The molecule has 0 aliphatic rings. The summed E-state index contributed by atoms with van der Waals surface area (Å²) in [4.78, 5) is 10.9. The van der Waals surface area contributed by atoms with Crippen LogP contribution in [-0.4, -0.2) is 20.9 Å². The highest BCUT2D eigenvalue weighted by Crippen LogP contribution is 2.18. The van der Waals surface area contributed by atoms with Gasteiger partial charge in [0.1, 0.15) is 5.82 Å². The van der Waals surface area contributed by atoms with Crippen LogP contribution in [-0.2, 0) is 17.8 Å². The third-order valence-corrected chi connectivity index (χ3v) is 3.37. The Labute approximate surface area is 121 Å². The molecule has 0 aliphatic heterocycles.